The molecule has 1 aliphatic rings. The topological polar surface area (TPSA) is 30.0 Å². The van der Waals surface area contributed by atoms with Crippen molar-refractivity contribution in [2.75, 3.05) is 58.3 Å². The molecule has 1 N–H and O–H groups in total. The fourth-order valence-electron chi connectivity index (χ4n) is 2.70. The second-order valence-electron chi connectivity index (χ2n) is 6.01. The zero-order chi connectivity index (χ0) is 15.4. The van der Waals surface area contributed by atoms with Gasteiger partial charge in [0.2, 0.25) is 0 Å². The van der Waals surface area contributed by atoms with E-state index in [1.165, 1.54) is 0 Å². The molecule has 1 fully saturated rings. The van der Waals surface area contributed by atoms with Crippen LogP contribution in [0.4, 0.5) is 5.69 Å². The number of hydrogen-bond donors (Lipinski definition) is 1. The lowest BCUT2D eigenvalue weighted by atomic mass is 10.1. The number of piperazine rings is 1. The van der Waals surface area contributed by atoms with Gasteiger partial charge in [-0.2, -0.15) is 0 Å². The highest BCUT2D eigenvalue weighted by atomic mass is 79.9. The first kappa shape index (κ1) is 16.7. The van der Waals surface area contributed by atoms with E-state index in [9.17, 15) is 5.11 Å². The lowest BCUT2D eigenvalue weighted by Crippen LogP contribution is -2.48. The highest BCUT2D eigenvalue weighted by molar-refractivity contribution is 9.10. The van der Waals surface area contributed by atoms with Crippen LogP contribution in [0.15, 0.2) is 22.7 Å². The van der Waals surface area contributed by atoms with Crippen molar-refractivity contribution in [3.8, 4) is 0 Å². The van der Waals surface area contributed by atoms with E-state index in [0.717, 1.165) is 55.0 Å². The van der Waals surface area contributed by atoms with Crippen LogP contribution in [0.1, 0.15) is 18.6 Å². The molecule has 1 heterocycles. The number of likely N-dealkylation sites (N-methyl/N-ethyl adjacent to an activating group) is 1. The number of aliphatic hydroxyl groups is 1. The first-order valence-electron chi connectivity index (χ1n) is 7.57. The summed E-state index contributed by atoms with van der Waals surface area (Å²) in [4.78, 5) is 7.13. The minimum atomic E-state index is -0.431. The van der Waals surface area contributed by atoms with Crippen LogP contribution >= 0.6 is 15.9 Å². The number of aliphatic hydroxyl groups excluding tert-OH is 1. The first-order chi connectivity index (χ1) is 9.97. The predicted octanol–water partition coefficient (Wildman–Crippen LogP) is 2.19. The van der Waals surface area contributed by atoms with Crippen LogP contribution in [0.25, 0.3) is 0 Å². The Bertz CT molecular complexity index is 457. The first-order valence-corrected chi connectivity index (χ1v) is 8.36. The molecule has 0 spiro atoms. The van der Waals surface area contributed by atoms with E-state index in [1.807, 2.05) is 19.1 Å². The average Bonchev–Trinajstić information content (AvgIpc) is 2.45. The summed E-state index contributed by atoms with van der Waals surface area (Å²) >= 11 is 3.54. The monoisotopic (exact) mass is 355 g/mol. The van der Waals surface area contributed by atoms with Crippen LogP contribution < -0.4 is 4.90 Å². The van der Waals surface area contributed by atoms with Gasteiger partial charge >= 0.3 is 0 Å². The SMILES string of the molecule is CC(O)c1ccc(Br)cc1N1CCN(CCN(C)C)CC1. The lowest BCUT2D eigenvalue weighted by molar-refractivity contribution is 0.198. The summed E-state index contributed by atoms with van der Waals surface area (Å²) in [7, 11) is 4.24. The minimum absolute atomic E-state index is 0.431. The van der Waals surface area contributed by atoms with Crippen LogP contribution in [0, 0.1) is 0 Å². The van der Waals surface area contributed by atoms with Crippen LogP contribution in [0.3, 0.4) is 0 Å². The van der Waals surface area contributed by atoms with Gasteiger partial charge in [-0.05, 0) is 33.2 Å². The Hall–Kier alpha value is -0.620. The molecule has 1 atom stereocenters. The molecule has 1 unspecified atom stereocenters. The molecule has 1 aliphatic heterocycles. The van der Waals surface area contributed by atoms with Crippen molar-refractivity contribution >= 4 is 21.6 Å². The second-order valence-corrected chi connectivity index (χ2v) is 6.93. The zero-order valence-electron chi connectivity index (χ0n) is 13.2. The Balaban J connectivity index is 2.00. The molecule has 0 amide bonds. The Morgan fingerprint density at radius 2 is 1.90 bits per heavy atom. The summed E-state index contributed by atoms with van der Waals surface area (Å²) in [6, 6.07) is 6.14. The third-order valence-electron chi connectivity index (χ3n) is 4.02. The molecule has 21 heavy (non-hydrogen) atoms. The molecule has 118 valence electrons. The number of halogens is 1. The van der Waals surface area contributed by atoms with Crippen molar-refractivity contribution in [3.63, 3.8) is 0 Å². The Kier molecular flexibility index (Phi) is 6.05. The smallest absolute Gasteiger partial charge is 0.0782 e. The van der Waals surface area contributed by atoms with Crippen LogP contribution in [-0.4, -0.2) is 68.3 Å². The van der Waals surface area contributed by atoms with E-state index >= 15 is 0 Å². The highest BCUT2D eigenvalue weighted by Crippen LogP contribution is 2.30. The van der Waals surface area contributed by atoms with E-state index < -0.39 is 6.10 Å². The van der Waals surface area contributed by atoms with Gasteiger partial charge in [0.25, 0.3) is 0 Å². The standard InChI is InChI=1S/C16H26BrN3O/c1-13(21)15-5-4-14(17)12-16(15)20-10-8-19(9-11-20)7-6-18(2)3/h4-5,12-13,21H,6-11H2,1-3H3. The Morgan fingerprint density at radius 3 is 2.48 bits per heavy atom. The van der Waals surface area contributed by atoms with E-state index in [-0.39, 0.29) is 0 Å². The molecule has 0 aliphatic carbocycles. The number of nitrogens with zero attached hydrogens (tertiary/aromatic N) is 3. The van der Waals surface area contributed by atoms with Gasteiger partial charge in [0.1, 0.15) is 0 Å². The lowest BCUT2D eigenvalue weighted by Gasteiger charge is -2.37. The van der Waals surface area contributed by atoms with Crippen molar-refractivity contribution < 1.29 is 5.11 Å². The van der Waals surface area contributed by atoms with E-state index in [4.69, 9.17) is 0 Å². The third-order valence-corrected chi connectivity index (χ3v) is 4.51. The van der Waals surface area contributed by atoms with Gasteiger partial charge in [-0.1, -0.05) is 22.0 Å². The van der Waals surface area contributed by atoms with Crippen molar-refractivity contribution in [1.82, 2.24) is 9.80 Å². The van der Waals surface area contributed by atoms with Crippen molar-refractivity contribution in [2.45, 2.75) is 13.0 Å². The normalized spacial score (nSPS) is 18.3. The van der Waals surface area contributed by atoms with E-state index in [1.54, 1.807) is 0 Å². The molecular weight excluding hydrogens is 330 g/mol. The van der Waals surface area contributed by atoms with Gasteiger partial charge in [-0.15, -0.1) is 0 Å². The summed E-state index contributed by atoms with van der Waals surface area (Å²) < 4.78 is 1.07. The van der Waals surface area contributed by atoms with Gasteiger partial charge in [-0.25, -0.2) is 0 Å². The molecule has 1 aromatic rings. The molecule has 0 radical (unpaired) electrons. The fraction of sp³-hybridized carbons (Fsp3) is 0.625. The van der Waals surface area contributed by atoms with E-state index in [0.29, 0.717) is 0 Å². The average molecular weight is 356 g/mol. The van der Waals surface area contributed by atoms with E-state index in [2.05, 4.69) is 50.8 Å². The summed E-state index contributed by atoms with van der Waals surface area (Å²) in [5.41, 5.74) is 2.17. The number of hydrogen-bond acceptors (Lipinski definition) is 4. The zero-order valence-corrected chi connectivity index (χ0v) is 14.8. The summed E-state index contributed by atoms with van der Waals surface area (Å²) in [6.45, 7) is 8.27. The fourth-order valence-corrected chi connectivity index (χ4v) is 3.05. The molecule has 1 saturated heterocycles. The second kappa shape index (κ2) is 7.58. The highest BCUT2D eigenvalue weighted by Gasteiger charge is 2.20. The third kappa shape index (κ3) is 4.68. The molecule has 0 aromatic heterocycles. The van der Waals surface area contributed by atoms with Gasteiger partial charge in [-0.3, -0.25) is 4.90 Å². The largest absolute Gasteiger partial charge is 0.389 e. The Labute approximate surface area is 136 Å². The minimum Gasteiger partial charge on any atom is -0.389 e. The van der Waals surface area contributed by atoms with Gasteiger partial charge in [0.05, 0.1) is 6.10 Å². The molecule has 2 rings (SSSR count). The maximum absolute atomic E-state index is 9.97. The van der Waals surface area contributed by atoms with Gasteiger partial charge in [0.15, 0.2) is 0 Å². The predicted molar refractivity (Wildman–Crippen MR) is 92.0 cm³/mol. The molecule has 5 heteroatoms. The summed E-state index contributed by atoms with van der Waals surface area (Å²) in [6.07, 6.45) is -0.431. The van der Waals surface area contributed by atoms with Crippen LogP contribution in [-0.2, 0) is 0 Å². The molecule has 4 nitrogen and oxygen atoms in total. The number of benzene rings is 1. The summed E-state index contributed by atoms with van der Waals surface area (Å²) in [5, 5.41) is 9.97. The van der Waals surface area contributed by atoms with Crippen molar-refractivity contribution in [3.05, 3.63) is 28.2 Å². The van der Waals surface area contributed by atoms with Crippen LogP contribution in [0.2, 0.25) is 0 Å². The summed E-state index contributed by atoms with van der Waals surface area (Å²) in [5.74, 6) is 0. The quantitative estimate of drug-likeness (QED) is 0.876. The number of anilines is 1. The molecule has 1 aromatic carbocycles. The Morgan fingerprint density at radius 1 is 1.24 bits per heavy atom. The molecule has 0 saturated carbocycles. The van der Waals surface area contributed by atoms with Gasteiger partial charge in [0, 0.05) is 55.0 Å². The van der Waals surface area contributed by atoms with Crippen LogP contribution in [0.5, 0.6) is 0 Å². The van der Waals surface area contributed by atoms with Crippen molar-refractivity contribution in [1.29, 1.82) is 0 Å². The number of rotatable bonds is 5. The van der Waals surface area contributed by atoms with Crippen molar-refractivity contribution in [2.24, 2.45) is 0 Å². The maximum atomic E-state index is 9.97. The molecular formula is C16H26BrN3O. The maximum Gasteiger partial charge on any atom is 0.0782 e. The molecule has 0 bridgehead atoms. The van der Waals surface area contributed by atoms with Gasteiger partial charge < -0.3 is 14.9 Å².